The first-order valence-electron chi connectivity index (χ1n) is 6.84. The Morgan fingerprint density at radius 1 is 1.35 bits per heavy atom. The van der Waals surface area contributed by atoms with Gasteiger partial charge in [-0.2, -0.15) is 0 Å². The van der Waals surface area contributed by atoms with Crippen LogP contribution in [0.15, 0.2) is 29.6 Å². The van der Waals surface area contributed by atoms with Gasteiger partial charge in [-0.3, -0.25) is 0 Å². The van der Waals surface area contributed by atoms with Crippen LogP contribution in [0.2, 0.25) is 4.34 Å². The van der Waals surface area contributed by atoms with Crippen LogP contribution in [0.1, 0.15) is 37.4 Å². The van der Waals surface area contributed by atoms with Crippen molar-refractivity contribution in [3.63, 3.8) is 0 Å². The van der Waals surface area contributed by atoms with E-state index in [0.717, 1.165) is 28.8 Å². The summed E-state index contributed by atoms with van der Waals surface area (Å²) in [4.78, 5) is 0. The van der Waals surface area contributed by atoms with Crippen LogP contribution in [0.25, 0.3) is 0 Å². The molecule has 20 heavy (non-hydrogen) atoms. The van der Waals surface area contributed by atoms with E-state index in [1.54, 1.807) is 11.3 Å². The molecule has 0 fully saturated rings. The molecule has 2 aromatic rings. The summed E-state index contributed by atoms with van der Waals surface area (Å²) in [7, 11) is 0. The van der Waals surface area contributed by atoms with Crippen LogP contribution in [0.4, 0.5) is 5.69 Å². The number of thiophene rings is 1. The largest absolute Gasteiger partial charge is 0.491 e. The number of halogens is 1. The predicted octanol–water partition coefficient (Wildman–Crippen LogP) is 5.67. The Morgan fingerprint density at radius 2 is 2.15 bits per heavy atom. The van der Waals surface area contributed by atoms with E-state index in [1.165, 1.54) is 11.1 Å². The second-order valence-electron chi connectivity index (χ2n) is 4.90. The number of ether oxygens (including phenoxy) is 1. The highest BCUT2D eigenvalue weighted by atomic mass is 35.5. The quantitative estimate of drug-likeness (QED) is 0.742. The molecule has 0 amide bonds. The molecule has 1 atom stereocenters. The molecule has 0 bridgehead atoms. The molecule has 0 saturated heterocycles. The van der Waals surface area contributed by atoms with Gasteiger partial charge in [-0.1, -0.05) is 24.6 Å². The highest BCUT2D eigenvalue weighted by molar-refractivity contribution is 7.14. The fourth-order valence-electron chi connectivity index (χ4n) is 1.95. The average molecular weight is 310 g/mol. The molecular weight excluding hydrogens is 290 g/mol. The average Bonchev–Trinajstić information content (AvgIpc) is 2.85. The SMILES string of the molecule is CCCOc1cc(C)ccc1NC(C)c1csc(Cl)c1. The van der Waals surface area contributed by atoms with Gasteiger partial charge >= 0.3 is 0 Å². The van der Waals surface area contributed by atoms with Gasteiger partial charge in [0.1, 0.15) is 5.75 Å². The van der Waals surface area contributed by atoms with E-state index in [0.29, 0.717) is 0 Å². The number of benzene rings is 1. The van der Waals surface area contributed by atoms with Crippen LogP contribution >= 0.6 is 22.9 Å². The van der Waals surface area contributed by atoms with Crippen molar-refractivity contribution in [1.29, 1.82) is 0 Å². The van der Waals surface area contributed by atoms with Crippen molar-refractivity contribution in [3.05, 3.63) is 45.1 Å². The molecule has 0 saturated carbocycles. The van der Waals surface area contributed by atoms with Crippen molar-refractivity contribution in [2.45, 2.75) is 33.2 Å². The Labute approximate surface area is 129 Å². The highest BCUT2D eigenvalue weighted by Crippen LogP contribution is 2.31. The minimum Gasteiger partial charge on any atom is -0.491 e. The first-order chi connectivity index (χ1) is 9.60. The summed E-state index contributed by atoms with van der Waals surface area (Å²) in [6.45, 7) is 7.04. The molecule has 1 N–H and O–H groups in total. The van der Waals surface area contributed by atoms with Gasteiger partial charge in [0.25, 0.3) is 0 Å². The summed E-state index contributed by atoms with van der Waals surface area (Å²) in [6, 6.07) is 8.44. The van der Waals surface area contributed by atoms with E-state index in [1.807, 2.05) is 6.07 Å². The van der Waals surface area contributed by atoms with Crippen molar-refractivity contribution in [2.24, 2.45) is 0 Å². The summed E-state index contributed by atoms with van der Waals surface area (Å²) < 4.78 is 6.64. The van der Waals surface area contributed by atoms with Gasteiger partial charge < -0.3 is 10.1 Å². The van der Waals surface area contributed by atoms with E-state index in [9.17, 15) is 0 Å². The van der Waals surface area contributed by atoms with Crippen molar-refractivity contribution < 1.29 is 4.74 Å². The first kappa shape index (κ1) is 15.2. The third kappa shape index (κ3) is 3.90. The molecule has 4 heteroatoms. The standard InChI is InChI=1S/C16H20ClNOS/c1-4-7-19-15-8-11(2)5-6-14(15)18-12(3)13-9-16(17)20-10-13/h5-6,8-10,12,18H,4,7H2,1-3H3. The van der Waals surface area contributed by atoms with Crippen molar-refractivity contribution in [2.75, 3.05) is 11.9 Å². The maximum Gasteiger partial charge on any atom is 0.142 e. The molecule has 0 aliphatic carbocycles. The van der Waals surface area contributed by atoms with E-state index in [2.05, 4.69) is 49.7 Å². The maximum atomic E-state index is 5.99. The summed E-state index contributed by atoms with van der Waals surface area (Å²) in [5.74, 6) is 0.917. The number of hydrogen-bond acceptors (Lipinski definition) is 3. The lowest BCUT2D eigenvalue weighted by molar-refractivity contribution is 0.318. The first-order valence-corrected chi connectivity index (χ1v) is 8.10. The molecule has 0 aliphatic rings. The van der Waals surface area contributed by atoms with Gasteiger partial charge in [0, 0.05) is 6.04 Å². The van der Waals surface area contributed by atoms with Crippen LogP contribution < -0.4 is 10.1 Å². The Kier molecular flexibility index (Phi) is 5.32. The van der Waals surface area contributed by atoms with Crippen molar-refractivity contribution in [1.82, 2.24) is 0 Å². The van der Waals surface area contributed by atoms with Crippen LogP contribution in [0.3, 0.4) is 0 Å². The third-order valence-electron chi connectivity index (χ3n) is 3.06. The lowest BCUT2D eigenvalue weighted by Gasteiger charge is -2.18. The molecule has 1 aromatic carbocycles. The Hall–Kier alpha value is -1.19. The normalized spacial score (nSPS) is 12.2. The molecule has 2 nitrogen and oxygen atoms in total. The molecule has 2 rings (SSSR count). The van der Waals surface area contributed by atoms with Crippen LogP contribution in [0, 0.1) is 6.92 Å². The zero-order valence-corrected chi connectivity index (χ0v) is 13.6. The molecule has 0 radical (unpaired) electrons. The summed E-state index contributed by atoms with van der Waals surface area (Å²) in [6.07, 6.45) is 1.00. The van der Waals surface area contributed by atoms with Gasteiger partial charge in [0.15, 0.2) is 0 Å². The number of rotatable bonds is 6. The molecule has 1 unspecified atom stereocenters. The highest BCUT2D eigenvalue weighted by Gasteiger charge is 2.11. The van der Waals surface area contributed by atoms with Crippen LogP contribution in [-0.2, 0) is 0 Å². The minimum atomic E-state index is 0.199. The minimum absolute atomic E-state index is 0.199. The van der Waals surface area contributed by atoms with Gasteiger partial charge in [0.2, 0.25) is 0 Å². The second-order valence-corrected chi connectivity index (χ2v) is 6.44. The fourth-order valence-corrected chi connectivity index (χ4v) is 2.93. The van der Waals surface area contributed by atoms with E-state index in [-0.39, 0.29) is 6.04 Å². The fraction of sp³-hybridized carbons (Fsp3) is 0.375. The van der Waals surface area contributed by atoms with Gasteiger partial charge in [0.05, 0.1) is 16.6 Å². The number of hydrogen-bond donors (Lipinski definition) is 1. The lowest BCUT2D eigenvalue weighted by atomic mass is 10.1. The molecule has 108 valence electrons. The summed E-state index contributed by atoms with van der Waals surface area (Å²) >= 11 is 7.55. The Morgan fingerprint density at radius 3 is 2.80 bits per heavy atom. The zero-order valence-electron chi connectivity index (χ0n) is 12.1. The van der Waals surface area contributed by atoms with Gasteiger partial charge in [-0.15, -0.1) is 11.3 Å². The monoisotopic (exact) mass is 309 g/mol. The van der Waals surface area contributed by atoms with Gasteiger partial charge in [-0.05, 0) is 55.0 Å². The van der Waals surface area contributed by atoms with Gasteiger partial charge in [-0.25, -0.2) is 0 Å². The second kappa shape index (κ2) is 7.00. The maximum absolute atomic E-state index is 5.99. The van der Waals surface area contributed by atoms with E-state index < -0.39 is 0 Å². The smallest absolute Gasteiger partial charge is 0.142 e. The molecule has 0 spiro atoms. The van der Waals surface area contributed by atoms with Crippen LogP contribution in [-0.4, -0.2) is 6.61 Å². The topological polar surface area (TPSA) is 21.3 Å². The summed E-state index contributed by atoms with van der Waals surface area (Å²) in [5.41, 5.74) is 3.42. The van der Waals surface area contributed by atoms with E-state index in [4.69, 9.17) is 16.3 Å². The Bertz CT molecular complexity index is 567. The molecule has 0 aliphatic heterocycles. The van der Waals surface area contributed by atoms with Crippen molar-refractivity contribution in [3.8, 4) is 5.75 Å². The van der Waals surface area contributed by atoms with E-state index >= 15 is 0 Å². The Balaban J connectivity index is 2.15. The number of aryl methyl sites for hydroxylation is 1. The molecule has 1 aromatic heterocycles. The predicted molar refractivity (Wildman–Crippen MR) is 88.3 cm³/mol. The number of anilines is 1. The lowest BCUT2D eigenvalue weighted by Crippen LogP contribution is -2.08. The molecule has 1 heterocycles. The van der Waals surface area contributed by atoms with Crippen LogP contribution in [0.5, 0.6) is 5.75 Å². The summed E-state index contributed by atoms with van der Waals surface area (Å²) in [5, 5.41) is 5.58. The zero-order chi connectivity index (χ0) is 14.5. The third-order valence-corrected chi connectivity index (χ3v) is 4.17. The van der Waals surface area contributed by atoms with Crippen molar-refractivity contribution >= 4 is 28.6 Å². The number of nitrogens with one attached hydrogen (secondary N) is 1. The molecular formula is C16H20ClNOS.